The molecule has 1 fully saturated rings. The second kappa shape index (κ2) is 4.08. The molecule has 0 saturated carbocycles. The van der Waals surface area contributed by atoms with Gasteiger partial charge in [0, 0.05) is 25.0 Å². The Bertz CT molecular complexity index is 602. The van der Waals surface area contributed by atoms with Crippen molar-refractivity contribution in [3.8, 4) is 0 Å². The van der Waals surface area contributed by atoms with E-state index in [1.54, 1.807) is 6.20 Å². The maximum Gasteiger partial charge on any atom is 0.232 e. The molecule has 19 heavy (non-hydrogen) atoms. The molecular weight excluding hydrogens is 240 g/mol. The molecule has 1 saturated heterocycles. The smallest absolute Gasteiger partial charge is 0.232 e. The van der Waals surface area contributed by atoms with Crippen molar-refractivity contribution in [2.45, 2.75) is 39.7 Å². The lowest BCUT2D eigenvalue weighted by Gasteiger charge is -2.42. The van der Waals surface area contributed by atoms with Gasteiger partial charge in [-0.1, -0.05) is 13.8 Å². The van der Waals surface area contributed by atoms with Gasteiger partial charge in [0.1, 0.15) is 0 Å². The summed E-state index contributed by atoms with van der Waals surface area (Å²) in [5.41, 5.74) is 6.77. The number of nitrogens with zero attached hydrogens (tertiary/aromatic N) is 5. The molecule has 0 spiro atoms. The van der Waals surface area contributed by atoms with Crippen LogP contribution in [0.25, 0.3) is 5.65 Å². The summed E-state index contributed by atoms with van der Waals surface area (Å²) in [5, 5.41) is 8.47. The average molecular weight is 260 g/mol. The predicted octanol–water partition coefficient (Wildman–Crippen LogP) is 1.72. The number of nitrogen functional groups attached to an aromatic ring is 1. The van der Waals surface area contributed by atoms with Gasteiger partial charge < -0.3 is 10.6 Å². The second-order valence-corrected chi connectivity index (χ2v) is 6.19. The van der Waals surface area contributed by atoms with Crippen LogP contribution in [0.2, 0.25) is 0 Å². The standard InChI is InChI=1S/C13H20N6/c1-9-4-5-13(2,3)8-19(9)12-17-16-11-10(14)15-6-7-18(11)12/h6-7,9H,4-5,8H2,1-3H3,(H2,14,15). The minimum Gasteiger partial charge on any atom is -0.381 e. The summed E-state index contributed by atoms with van der Waals surface area (Å²) in [6.07, 6.45) is 5.97. The Balaban J connectivity index is 2.06. The number of fused-ring (bicyclic) bond motifs is 1. The molecule has 1 aliphatic heterocycles. The third-order valence-corrected chi connectivity index (χ3v) is 3.96. The summed E-state index contributed by atoms with van der Waals surface area (Å²) in [5.74, 6) is 1.29. The molecule has 3 rings (SSSR count). The minimum atomic E-state index is 0.302. The molecule has 2 aromatic rings. The number of nitrogens with two attached hydrogens (primary N) is 1. The number of aromatic nitrogens is 4. The monoisotopic (exact) mass is 260 g/mol. The van der Waals surface area contributed by atoms with Crippen LogP contribution in [0.4, 0.5) is 11.8 Å². The van der Waals surface area contributed by atoms with Crippen LogP contribution in [-0.4, -0.2) is 32.2 Å². The Morgan fingerprint density at radius 2 is 2.16 bits per heavy atom. The molecule has 0 bridgehead atoms. The van der Waals surface area contributed by atoms with Crippen LogP contribution in [0.5, 0.6) is 0 Å². The van der Waals surface area contributed by atoms with Crippen molar-refractivity contribution < 1.29 is 0 Å². The zero-order chi connectivity index (χ0) is 13.6. The van der Waals surface area contributed by atoms with Gasteiger partial charge in [-0.2, -0.15) is 0 Å². The zero-order valence-corrected chi connectivity index (χ0v) is 11.7. The third-order valence-electron chi connectivity index (χ3n) is 3.96. The molecular formula is C13H20N6. The van der Waals surface area contributed by atoms with E-state index in [4.69, 9.17) is 5.73 Å². The highest BCUT2D eigenvalue weighted by molar-refractivity contribution is 5.61. The zero-order valence-electron chi connectivity index (χ0n) is 11.7. The van der Waals surface area contributed by atoms with Crippen LogP contribution in [0, 0.1) is 5.41 Å². The number of hydrogen-bond donors (Lipinski definition) is 1. The number of hydrogen-bond acceptors (Lipinski definition) is 5. The Morgan fingerprint density at radius 3 is 2.95 bits per heavy atom. The van der Waals surface area contributed by atoms with Gasteiger partial charge in [-0.05, 0) is 25.2 Å². The van der Waals surface area contributed by atoms with Gasteiger partial charge in [0.15, 0.2) is 5.82 Å². The van der Waals surface area contributed by atoms with Crippen molar-refractivity contribution >= 4 is 17.4 Å². The minimum absolute atomic E-state index is 0.302. The molecule has 1 unspecified atom stereocenters. The number of rotatable bonds is 1. The van der Waals surface area contributed by atoms with Crippen LogP contribution in [0.15, 0.2) is 12.4 Å². The molecule has 0 radical (unpaired) electrons. The average Bonchev–Trinajstić information content (AvgIpc) is 2.78. The molecule has 6 nitrogen and oxygen atoms in total. The first-order valence-electron chi connectivity index (χ1n) is 6.70. The van der Waals surface area contributed by atoms with Crippen LogP contribution in [0.1, 0.15) is 33.6 Å². The SMILES string of the molecule is CC1CCC(C)(C)CN1c1nnc2c(N)nccn12. The van der Waals surface area contributed by atoms with Crippen LogP contribution in [-0.2, 0) is 0 Å². The van der Waals surface area contributed by atoms with Crippen LogP contribution < -0.4 is 10.6 Å². The summed E-state index contributed by atoms with van der Waals surface area (Å²) >= 11 is 0. The molecule has 0 aromatic carbocycles. The van der Waals surface area contributed by atoms with Crippen LogP contribution >= 0.6 is 0 Å². The highest BCUT2D eigenvalue weighted by Crippen LogP contribution is 2.34. The van der Waals surface area contributed by atoms with Crippen molar-refractivity contribution in [1.29, 1.82) is 0 Å². The fourth-order valence-corrected chi connectivity index (χ4v) is 2.75. The summed E-state index contributed by atoms with van der Waals surface area (Å²) < 4.78 is 1.93. The fourth-order valence-electron chi connectivity index (χ4n) is 2.75. The number of anilines is 2. The Morgan fingerprint density at radius 1 is 1.37 bits per heavy atom. The highest BCUT2D eigenvalue weighted by atomic mass is 15.4. The molecule has 2 N–H and O–H groups in total. The van der Waals surface area contributed by atoms with Gasteiger partial charge in [0.25, 0.3) is 0 Å². The van der Waals surface area contributed by atoms with E-state index in [-0.39, 0.29) is 0 Å². The molecule has 102 valence electrons. The predicted molar refractivity (Wildman–Crippen MR) is 75.0 cm³/mol. The molecule has 3 heterocycles. The quantitative estimate of drug-likeness (QED) is 0.845. The normalized spacial score (nSPS) is 22.9. The topological polar surface area (TPSA) is 72.3 Å². The summed E-state index contributed by atoms with van der Waals surface area (Å²) in [7, 11) is 0. The van der Waals surface area contributed by atoms with Crippen molar-refractivity contribution in [2.24, 2.45) is 5.41 Å². The first-order chi connectivity index (χ1) is 8.98. The van der Waals surface area contributed by atoms with Crippen molar-refractivity contribution in [2.75, 3.05) is 17.2 Å². The molecule has 1 atom stereocenters. The summed E-state index contributed by atoms with van der Waals surface area (Å²) in [6.45, 7) is 7.81. The van der Waals surface area contributed by atoms with Gasteiger partial charge in [0.2, 0.25) is 11.6 Å². The molecule has 0 aliphatic carbocycles. The molecule has 0 amide bonds. The lowest BCUT2D eigenvalue weighted by atomic mass is 9.82. The first-order valence-corrected chi connectivity index (χ1v) is 6.70. The van der Waals surface area contributed by atoms with Gasteiger partial charge in [0.05, 0.1) is 0 Å². The Hall–Kier alpha value is -1.85. The van der Waals surface area contributed by atoms with Crippen LogP contribution in [0.3, 0.4) is 0 Å². The van der Waals surface area contributed by atoms with E-state index in [1.165, 1.54) is 12.8 Å². The van der Waals surface area contributed by atoms with E-state index in [2.05, 4.69) is 40.9 Å². The maximum atomic E-state index is 5.83. The van der Waals surface area contributed by atoms with E-state index in [1.807, 2.05) is 10.6 Å². The Kier molecular flexibility index (Phi) is 2.62. The fraction of sp³-hybridized carbons (Fsp3) is 0.615. The van der Waals surface area contributed by atoms with Crippen molar-refractivity contribution in [3.05, 3.63) is 12.4 Å². The number of piperidine rings is 1. The second-order valence-electron chi connectivity index (χ2n) is 6.19. The van der Waals surface area contributed by atoms with Gasteiger partial charge >= 0.3 is 0 Å². The van der Waals surface area contributed by atoms with Crippen molar-refractivity contribution in [1.82, 2.24) is 19.6 Å². The van der Waals surface area contributed by atoms with E-state index in [0.717, 1.165) is 12.5 Å². The van der Waals surface area contributed by atoms with Gasteiger partial charge in [-0.3, -0.25) is 4.40 Å². The third kappa shape index (κ3) is 2.01. The summed E-state index contributed by atoms with van der Waals surface area (Å²) in [4.78, 5) is 6.37. The van der Waals surface area contributed by atoms with E-state index >= 15 is 0 Å². The van der Waals surface area contributed by atoms with Gasteiger partial charge in [-0.25, -0.2) is 4.98 Å². The maximum absolute atomic E-state index is 5.83. The lowest BCUT2D eigenvalue weighted by Crippen LogP contribution is -2.46. The highest BCUT2D eigenvalue weighted by Gasteiger charge is 2.33. The lowest BCUT2D eigenvalue weighted by molar-refractivity contribution is 0.261. The van der Waals surface area contributed by atoms with E-state index in [0.29, 0.717) is 22.9 Å². The molecule has 6 heteroatoms. The first kappa shape index (κ1) is 12.2. The largest absolute Gasteiger partial charge is 0.381 e. The van der Waals surface area contributed by atoms with Crippen molar-refractivity contribution in [3.63, 3.8) is 0 Å². The van der Waals surface area contributed by atoms with Gasteiger partial charge in [-0.15, -0.1) is 10.2 Å². The Labute approximate surface area is 112 Å². The van der Waals surface area contributed by atoms with E-state index in [9.17, 15) is 0 Å². The summed E-state index contributed by atoms with van der Waals surface area (Å²) in [6, 6.07) is 0.467. The van der Waals surface area contributed by atoms with E-state index < -0.39 is 0 Å². The molecule has 2 aromatic heterocycles. The molecule has 1 aliphatic rings.